The van der Waals surface area contributed by atoms with Crippen molar-refractivity contribution in [1.29, 1.82) is 0 Å². The first-order valence-corrected chi connectivity index (χ1v) is 9.62. The maximum atomic E-state index is 10.8. The number of rotatable bonds is 4. The third-order valence-corrected chi connectivity index (χ3v) is 5.00. The van der Waals surface area contributed by atoms with E-state index in [4.69, 9.17) is 0 Å². The van der Waals surface area contributed by atoms with Gasteiger partial charge in [0.2, 0.25) is 0 Å². The van der Waals surface area contributed by atoms with Crippen molar-refractivity contribution in [3.63, 3.8) is 0 Å². The van der Waals surface area contributed by atoms with Gasteiger partial charge in [0.05, 0.1) is 11.9 Å². The predicted octanol–water partition coefficient (Wildman–Crippen LogP) is 5.15. The van der Waals surface area contributed by atoms with E-state index in [1.807, 2.05) is 24.3 Å². The smallest absolute Gasteiger partial charge is 0.138 e. The molecule has 0 aliphatic heterocycles. The summed E-state index contributed by atoms with van der Waals surface area (Å²) in [5.74, 6) is 0.749. The normalized spacial score (nSPS) is 12.7. The van der Waals surface area contributed by atoms with E-state index < -0.39 is 6.10 Å². The van der Waals surface area contributed by atoms with Gasteiger partial charge in [0.1, 0.15) is 11.9 Å². The summed E-state index contributed by atoms with van der Waals surface area (Å²) in [6, 6.07) is 16.3. The summed E-state index contributed by atoms with van der Waals surface area (Å²) >= 11 is 0. The van der Waals surface area contributed by atoms with E-state index >= 15 is 0 Å². The molecule has 2 N–H and O–H groups in total. The second-order valence-corrected chi connectivity index (χ2v) is 8.09. The Hall–Kier alpha value is -3.31. The summed E-state index contributed by atoms with van der Waals surface area (Å²) in [5.41, 5.74) is 3.57. The fourth-order valence-electron chi connectivity index (χ4n) is 3.33. The number of anilines is 2. The number of aliphatic hydroxyl groups is 1. The Morgan fingerprint density at radius 3 is 2.24 bits per heavy atom. The molecule has 5 heteroatoms. The van der Waals surface area contributed by atoms with Crippen LogP contribution < -0.4 is 5.32 Å². The van der Waals surface area contributed by atoms with Gasteiger partial charge >= 0.3 is 0 Å². The molecule has 1 atom stereocenters. The van der Waals surface area contributed by atoms with E-state index in [1.165, 1.54) is 5.56 Å². The molecule has 1 unspecified atom stereocenters. The molecule has 4 rings (SSSR count). The number of pyridine rings is 1. The summed E-state index contributed by atoms with van der Waals surface area (Å²) in [5, 5.41) is 16.1. The second-order valence-electron chi connectivity index (χ2n) is 8.09. The number of hydrogen-bond donors (Lipinski definition) is 2. The van der Waals surface area contributed by atoms with Gasteiger partial charge in [0.15, 0.2) is 0 Å². The van der Waals surface area contributed by atoms with Crippen LogP contribution in [-0.4, -0.2) is 20.1 Å². The molecule has 0 bridgehead atoms. The lowest BCUT2D eigenvalue weighted by Crippen LogP contribution is -2.10. The van der Waals surface area contributed by atoms with Crippen molar-refractivity contribution in [2.45, 2.75) is 32.3 Å². The molecule has 146 valence electrons. The highest BCUT2D eigenvalue weighted by Crippen LogP contribution is 2.32. The number of hydrogen-bond acceptors (Lipinski definition) is 5. The third-order valence-electron chi connectivity index (χ3n) is 5.00. The quantitative estimate of drug-likeness (QED) is 0.509. The molecule has 29 heavy (non-hydrogen) atoms. The molecule has 0 aliphatic rings. The molecule has 0 radical (unpaired) electrons. The summed E-state index contributed by atoms with van der Waals surface area (Å²) < 4.78 is 0. The molecule has 2 aromatic heterocycles. The SMILES string of the molecule is CC(C)(C)c1ccc(Nc2ncc(C(O)c3cnccn3)c3ccccc23)cc1. The Kier molecular flexibility index (Phi) is 4.99. The van der Waals surface area contributed by atoms with Gasteiger partial charge in [0, 0.05) is 35.2 Å². The van der Waals surface area contributed by atoms with Gasteiger partial charge in [-0.3, -0.25) is 9.97 Å². The van der Waals surface area contributed by atoms with Crippen LogP contribution in [0.3, 0.4) is 0 Å². The average molecular weight is 384 g/mol. The second kappa shape index (κ2) is 7.60. The number of benzene rings is 2. The first kappa shape index (κ1) is 19.0. The van der Waals surface area contributed by atoms with Crippen LogP contribution in [0.2, 0.25) is 0 Å². The molecule has 0 saturated heterocycles. The number of aliphatic hydroxyl groups excluding tert-OH is 1. The van der Waals surface area contributed by atoms with Crippen molar-refractivity contribution in [1.82, 2.24) is 15.0 Å². The fraction of sp³-hybridized carbons (Fsp3) is 0.208. The molecular formula is C24H24N4O. The van der Waals surface area contributed by atoms with Crippen LogP contribution in [0.1, 0.15) is 43.7 Å². The van der Waals surface area contributed by atoms with Crippen molar-refractivity contribution in [2.75, 3.05) is 5.32 Å². The minimum absolute atomic E-state index is 0.113. The Morgan fingerprint density at radius 2 is 1.59 bits per heavy atom. The Balaban J connectivity index is 1.70. The Labute approximate surface area is 170 Å². The molecule has 0 amide bonds. The van der Waals surface area contributed by atoms with Gasteiger partial charge in [-0.05, 0) is 28.5 Å². The van der Waals surface area contributed by atoms with Crippen molar-refractivity contribution in [2.24, 2.45) is 0 Å². The Bertz CT molecular complexity index is 1120. The molecular weight excluding hydrogens is 360 g/mol. The van der Waals surface area contributed by atoms with Crippen LogP contribution in [0.15, 0.2) is 73.3 Å². The van der Waals surface area contributed by atoms with Gasteiger partial charge in [-0.25, -0.2) is 4.98 Å². The zero-order valence-electron chi connectivity index (χ0n) is 16.8. The molecule has 0 saturated carbocycles. The summed E-state index contributed by atoms with van der Waals surface area (Å²) in [4.78, 5) is 12.9. The highest BCUT2D eigenvalue weighted by molar-refractivity contribution is 5.95. The molecule has 4 aromatic rings. The van der Waals surface area contributed by atoms with Crippen LogP contribution in [0.5, 0.6) is 0 Å². The maximum Gasteiger partial charge on any atom is 0.138 e. The van der Waals surface area contributed by atoms with Gasteiger partial charge in [-0.1, -0.05) is 57.2 Å². The predicted molar refractivity (Wildman–Crippen MR) is 116 cm³/mol. The molecule has 0 spiro atoms. The van der Waals surface area contributed by atoms with Gasteiger partial charge in [0.25, 0.3) is 0 Å². The lowest BCUT2D eigenvalue weighted by Gasteiger charge is -2.19. The van der Waals surface area contributed by atoms with Gasteiger partial charge in [-0.15, -0.1) is 0 Å². The van der Waals surface area contributed by atoms with E-state index in [0.717, 1.165) is 22.3 Å². The van der Waals surface area contributed by atoms with E-state index in [0.29, 0.717) is 11.3 Å². The number of fused-ring (bicyclic) bond motifs is 1. The van der Waals surface area contributed by atoms with Crippen LogP contribution in [-0.2, 0) is 5.41 Å². The zero-order valence-corrected chi connectivity index (χ0v) is 16.8. The average Bonchev–Trinajstić information content (AvgIpc) is 2.74. The topological polar surface area (TPSA) is 70.9 Å². The zero-order chi connectivity index (χ0) is 20.4. The maximum absolute atomic E-state index is 10.8. The van der Waals surface area contributed by atoms with Gasteiger partial charge in [-0.2, -0.15) is 0 Å². The minimum atomic E-state index is -0.888. The van der Waals surface area contributed by atoms with Crippen LogP contribution >= 0.6 is 0 Å². The van der Waals surface area contributed by atoms with E-state index in [2.05, 4.69) is 65.3 Å². The molecule has 2 aromatic carbocycles. The van der Waals surface area contributed by atoms with Crippen molar-refractivity contribution in [3.05, 3.63) is 90.1 Å². The standard InChI is InChI=1S/C24H24N4O/c1-24(2,3)16-8-10-17(11-9-16)28-23-19-7-5-4-6-18(19)20(14-27-23)22(29)21-15-25-12-13-26-21/h4-15,22,29H,1-3H3,(H,27,28). The minimum Gasteiger partial charge on any atom is -0.382 e. The molecule has 2 heterocycles. The number of aromatic nitrogens is 3. The van der Waals surface area contributed by atoms with Crippen LogP contribution in [0.25, 0.3) is 10.8 Å². The number of nitrogens with zero attached hydrogens (tertiary/aromatic N) is 3. The van der Waals surface area contributed by atoms with E-state index in [1.54, 1.807) is 24.8 Å². The Morgan fingerprint density at radius 1 is 0.862 bits per heavy atom. The van der Waals surface area contributed by atoms with Gasteiger partial charge < -0.3 is 10.4 Å². The van der Waals surface area contributed by atoms with Crippen molar-refractivity contribution in [3.8, 4) is 0 Å². The van der Waals surface area contributed by atoms with E-state index in [-0.39, 0.29) is 5.41 Å². The van der Waals surface area contributed by atoms with Crippen LogP contribution in [0.4, 0.5) is 11.5 Å². The summed E-state index contributed by atoms with van der Waals surface area (Å²) in [6.07, 6.45) is 5.55. The summed E-state index contributed by atoms with van der Waals surface area (Å²) in [6.45, 7) is 6.60. The van der Waals surface area contributed by atoms with Crippen molar-refractivity contribution < 1.29 is 5.11 Å². The third kappa shape index (κ3) is 3.96. The molecule has 0 aliphatic carbocycles. The molecule has 0 fully saturated rings. The van der Waals surface area contributed by atoms with Crippen molar-refractivity contribution >= 4 is 22.3 Å². The van der Waals surface area contributed by atoms with Crippen LogP contribution in [0, 0.1) is 0 Å². The monoisotopic (exact) mass is 384 g/mol. The lowest BCUT2D eigenvalue weighted by molar-refractivity contribution is 0.216. The fourth-order valence-corrected chi connectivity index (χ4v) is 3.33. The highest BCUT2D eigenvalue weighted by atomic mass is 16.3. The molecule has 5 nitrogen and oxygen atoms in total. The van der Waals surface area contributed by atoms with E-state index in [9.17, 15) is 5.11 Å². The first-order valence-electron chi connectivity index (χ1n) is 9.62. The summed E-state index contributed by atoms with van der Waals surface area (Å²) in [7, 11) is 0. The highest BCUT2D eigenvalue weighted by Gasteiger charge is 2.18. The number of nitrogens with one attached hydrogen (secondary N) is 1. The lowest BCUT2D eigenvalue weighted by atomic mass is 9.87. The largest absolute Gasteiger partial charge is 0.382 e. The first-order chi connectivity index (χ1) is 13.9.